The summed E-state index contributed by atoms with van der Waals surface area (Å²) < 4.78 is 0. The second-order valence-electron chi connectivity index (χ2n) is 5.92. The number of hydrogen-bond donors (Lipinski definition) is 0. The number of aryl methyl sites for hydroxylation is 1. The van der Waals surface area contributed by atoms with E-state index in [-0.39, 0.29) is 6.54 Å². The highest BCUT2D eigenvalue weighted by atomic mass is 32.1. The van der Waals surface area contributed by atoms with Crippen LogP contribution in [0.4, 0.5) is 4.79 Å². The topological polar surface area (TPSA) is 70.6 Å². The van der Waals surface area contributed by atoms with Gasteiger partial charge in [-0.05, 0) is 25.3 Å². The normalized spacial score (nSPS) is 16.0. The van der Waals surface area contributed by atoms with Gasteiger partial charge in [0.15, 0.2) is 0 Å². The number of urea groups is 1. The van der Waals surface area contributed by atoms with Crippen molar-refractivity contribution in [1.29, 1.82) is 0 Å². The van der Waals surface area contributed by atoms with Crippen LogP contribution in [0.15, 0.2) is 35.7 Å². The highest BCUT2D eigenvalue weighted by molar-refractivity contribution is 7.09. The van der Waals surface area contributed by atoms with Crippen LogP contribution in [-0.2, 0) is 22.6 Å². The molecule has 1 atom stereocenters. The lowest BCUT2D eigenvalue weighted by molar-refractivity contribution is -0.144. The first-order valence-electron chi connectivity index (χ1n) is 8.20. The molecule has 1 unspecified atom stereocenters. The van der Waals surface area contributed by atoms with Crippen molar-refractivity contribution in [2.45, 2.75) is 39.3 Å². The molecule has 2 aromatic rings. The van der Waals surface area contributed by atoms with Crippen LogP contribution in [0.5, 0.6) is 0 Å². The van der Waals surface area contributed by atoms with Crippen LogP contribution < -0.4 is 0 Å². The van der Waals surface area contributed by atoms with Crippen molar-refractivity contribution >= 4 is 29.2 Å². The summed E-state index contributed by atoms with van der Waals surface area (Å²) in [6.07, 6.45) is 1.85. The maximum absolute atomic E-state index is 12.7. The number of carbonyl (C=O) groups excluding carboxylic acids is 3. The van der Waals surface area contributed by atoms with Crippen molar-refractivity contribution in [2.75, 3.05) is 0 Å². The van der Waals surface area contributed by atoms with Gasteiger partial charge in [-0.2, -0.15) is 0 Å². The van der Waals surface area contributed by atoms with Gasteiger partial charge in [-0.1, -0.05) is 37.3 Å². The van der Waals surface area contributed by atoms with Crippen LogP contribution in [0.25, 0.3) is 0 Å². The maximum atomic E-state index is 12.7. The second-order valence-corrected chi connectivity index (χ2v) is 6.86. The molecule has 7 heteroatoms. The third kappa shape index (κ3) is 3.32. The summed E-state index contributed by atoms with van der Waals surface area (Å²) in [5, 5.41) is 2.80. The SMILES string of the molecule is CCCc1nc(CN2C(=O)C(=O)N(C(C)c3ccccc3)C2=O)cs1. The van der Waals surface area contributed by atoms with E-state index >= 15 is 0 Å². The van der Waals surface area contributed by atoms with Gasteiger partial charge in [0, 0.05) is 5.38 Å². The number of carbonyl (C=O) groups is 3. The molecule has 6 nitrogen and oxygen atoms in total. The molecule has 1 aromatic heterocycles. The molecule has 0 radical (unpaired) electrons. The molecule has 4 amide bonds. The number of thiazole rings is 1. The first-order chi connectivity index (χ1) is 12.0. The summed E-state index contributed by atoms with van der Waals surface area (Å²) in [6.45, 7) is 3.84. The number of imide groups is 2. The Morgan fingerprint density at radius 2 is 1.84 bits per heavy atom. The van der Waals surface area contributed by atoms with Gasteiger partial charge in [-0.3, -0.25) is 9.59 Å². The molecule has 25 heavy (non-hydrogen) atoms. The largest absolute Gasteiger partial charge is 0.335 e. The van der Waals surface area contributed by atoms with Gasteiger partial charge in [-0.25, -0.2) is 19.6 Å². The molecule has 0 spiro atoms. The number of amides is 4. The van der Waals surface area contributed by atoms with Crippen LogP contribution in [0.3, 0.4) is 0 Å². The Labute approximate surface area is 150 Å². The molecule has 1 aliphatic heterocycles. The van der Waals surface area contributed by atoms with Crippen molar-refractivity contribution < 1.29 is 14.4 Å². The summed E-state index contributed by atoms with van der Waals surface area (Å²) >= 11 is 1.51. The molecular weight excluding hydrogens is 338 g/mol. The fourth-order valence-electron chi connectivity index (χ4n) is 2.80. The molecule has 130 valence electrons. The van der Waals surface area contributed by atoms with Gasteiger partial charge in [0.1, 0.15) is 0 Å². The second kappa shape index (κ2) is 7.14. The first kappa shape index (κ1) is 17.3. The first-order valence-corrected chi connectivity index (χ1v) is 9.08. The summed E-state index contributed by atoms with van der Waals surface area (Å²) in [7, 11) is 0. The van der Waals surface area contributed by atoms with Gasteiger partial charge >= 0.3 is 17.8 Å². The Morgan fingerprint density at radius 1 is 1.12 bits per heavy atom. The summed E-state index contributed by atoms with van der Waals surface area (Å²) in [6, 6.07) is 8.10. The standard InChI is InChI=1S/C18H19N3O3S/c1-3-7-15-19-14(11-25-15)10-20-16(22)17(23)21(18(20)24)12(2)13-8-5-4-6-9-13/h4-6,8-9,11-12H,3,7,10H2,1-2H3. The van der Waals surface area contributed by atoms with Gasteiger partial charge in [0.2, 0.25) is 0 Å². The molecule has 0 N–H and O–H groups in total. The van der Waals surface area contributed by atoms with Crippen molar-refractivity contribution in [3.05, 3.63) is 52.0 Å². The molecule has 0 bridgehead atoms. The Morgan fingerprint density at radius 3 is 2.52 bits per heavy atom. The number of nitrogens with zero attached hydrogens (tertiary/aromatic N) is 3. The highest BCUT2D eigenvalue weighted by Crippen LogP contribution is 2.27. The van der Waals surface area contributed by atoms with E-state index in [4.69, 9.17) is 0 Å². The summed E-state index contributed by atoms with van der Waals surface area (Å²) in [5.41, 5.74) is 1.44. The molecule has 2 heterocycles. The number of hydrogen-bond acceptors (Lipinski definition) is 5. The van der Waals surface area contributed by atoms with Crippen molar-refractivity contribution in [3.8, 4) is 0 Å². The predicted octanol–water partition coefficient (Wildman–Crippen LogP) is 3.15. The van der Waals surface area contributed by atoms with E-state index in [1.807, 2.05) is 35.7 Å². The Kier molecular flexibility index (Phi) is 4.94. The third-order valence-corrected chi connectivity index (χ3v) is 5.09. The Hall–Kier alpha value is -2.54. The molecule has 1 saturated heterocycles. The number of aromatic nitrogens is 1. The lowest BCUT2D eigenvalue weighted by atomic mass is 10.1. The van der Waals surface area contributed by atoms with Gasteiger partial charge < -0.3 is 0 Å². The van der Waals surface area contributed by atoms with Crippen molar-refractivity contribution in [3.63, 3.8) is 0 Å². The molecule has 0 saturated carbocycles. The van der Waals surface area contributed by atoms with E-state index in [1.165, 1.54) is 11.3 Å². The maximum Gasteiger partial charge on any atom is 0.335 e. The third-order valence-electron chi connectivity index (χ3n) is 4.14. The molecule has 1 aliphatic rings. The number of rotatable bonds is 6. The van der Waals surface area contributed by atoms with Crippen molar-refractivity contribution in [1.82, 2.24) is 14.8 Å². The monoisotopic (exact) mass is 357 g/mol. The minimum atomic E-state index is -0.794. The van der Waals surface area contributed by atoms with Crippen molar-refractivity contribution in [2.24, 2.45) is 0 Å². The smallest absolute Gasteiger partial charge is 0.263 e. The van der Waals surface area contributed by atoms with Gasteiger partial charge in [0.05, 0.1) is 23.3 Å². The van der Waals surface area contributed by atoms with E-state index in [1.54, 1.807) is 6.92 Å². The summed E-state index contributed by atoms with van der Waals surface area (Å²) in [4.78, 5) is 43.7. The molecule has 1 aromatic carbocycles. The molecule has 1 fully saturated rings. The lowest BCUT2D eigenvalue weighted by Crippen LogP contribution is -2.35. The molecule has 3 rings (SSSR count). The lowest BCUT2D eigenvalue weighted by Gasteiger charge is -2.22. The van der Waals surface area contributed by atoms with E-state index in [2.05, 4.69) is 11.9 Å². The average molecular weight is 357 g/mol. The predicted molar refractivity (Wildman–Crippen MR) is 93.8 cm³/mol. The van der Waals surface area contributed by atoms with Crippen LogP contribution in [0.1, 0.15) is 42.6 Å². The molecular formula is C18H19N3O3S. The zero-order chi connectivity index (χ0) is 18.0. The van der Waals surface area contributed by atoms with E-state index in [0.717, 1.165) is 33.2 Å². The average Bonchev–Trinajstić information content (AvgIpc) is 3.14. The zero-order valence-electron chi connectivity index (χ0n) is 14.1. The van der Waals surface area contributed by atoms with E-state index in [0.29, 0.717) is 5.69 Å². The quantitative estimate of drug-likeness (QED) is 0.588. The summed E-state index contributed by atoms with van der Waals surface area (Å²) in [5.74, 6) is -1.58. The van der Waals surface area contributed by atoms with Crippen LogP contribution in [0, 0.1) is 0 Å². The molecule has 0 aliphatic carbocycles. The zero-order valence-corrected chi connectivity index (χ0v) is 15.0. The van der Waals surface area contributed by atoms with E-state index < -0.39 is 23.9 Å². The van der Waals surface area contributed by atoms with Gasteiger partial charge in [0.25, 0.3) is 0 Å². The highest BCUT2D eigenvalue weighted by Gasteiger charge is 2.47. The number of benzene rings is 1. The van der Waals surface area contributed by atoms with Crippen LogP contribution >= 0.6 is 11.3 Å². The Balaban J connectivity index is 1.79. The fourth-order valence-corrected chi connectivity index (χ4v) is 3.69. The fraction of sp³-hybridized carbons (Fsp3) is 0.333. The minimum Gasteiger partial charge on any atom is -0.263 e. The Bertz CT molecular complexity index is 803. The van der Waals surface area contributed by atoms with Gasteiger partial charge in [-0.15, -0.1) is 11.3 Å². The van der Waals surface area contributed by atoms with Crippen LogP contribution in [-0.4, -0.2) is 32.6 Å². The van der Waals surface area contributed by atoms with E-state index in [9.17, 15) is 14.4 Å². The van der Waals surface area contributed by atoms with Crippen LogP contribution in [0.2, 0.25) is 0 Å². The minimum absolute atomic E-state index is 0.0294.